The van der Waals surface area contributed by atoms with Crippen LogP contribution in [0.3, 0.4) is 0 Å². The van der Waals surface area contributed by atoms with E-state index >= 15 is 0 Å². The molecule has 0 N–H and O–H groups in total. The molecular weight excluding hydrogens is 382 g/mol. The van der Waals surface area contributed by atoms with Crippen LogP contribution in [0, 0.1) is 0 Å². The quantitative estimate of drug-likeness (QED) is 0.701. The summed E-state index contributed by atoms with van der Waals surface area (Å²) in [5, 5.41) is 0. The Hall–Kier alpha value is -1.80. The summed E-state index contributed by atoms with van der Waals surface area (Å²) in [4.78, 5) is 26.3. The van der Waals surface area contributed by atoms with Gasteiger partial charge in [0.15, 0.2) is 6.10 Å². The fraction of sp³-hybridized carbons (Fsp3) is 0.500. The van der Waals surface area contributed by atoms with Crippen molar-refractivity contribution in [2.24, 2.45) is 0 Å². The molecule has 0 bridgehead atoms. The predicted molar refractivity (Wildman–Crippen MR) is 89.5 cm³/mol. The Morgan fingerprint density at radius 3 is 2.21 bits per heavy atom. The second-order valence-electron chi connectivity index (χ2n) is 5.18. The molecule has 1 aliphatic rings. The van der Waals surface area contributed by atoms with Gasteiger partial charge in [0, 0.05) is 13.1 Å². The molecule has 8 heteroatoms. The van der Waals surface area contributed by atoms with E-state index < -0.39 is 12.1 Å². The van der Waals surface area contributed by atoms with Gasteiger partial charge in [-0.25, -0.2) is 4.79 Å². The van der Waals surface area contributed by atoms with E-state index in [4.69, 9.17) is 18.9 Å². The molecule has 1 saturated heterocycles. The number of hydrogen-bond acceptors (Lipinski definition) is 6. The number of amides is 1. The first-order valence-corrected chi connectivity index (χ1v) is 8.26. The summed E-state index contributed by atoms with van der Waals surface area (Å²) in [5.41, 5.74) is 0.244. The zero-order chi connectivity index (χ0) is 17.7. The second-order valence-corrected chi connectivity index (χ2v) is 5.97. The van der Waals surface area contributed by atoms with Crippen LogP contribution in [0.4, 0.5) is 0 Å². The molecule has 0 saturated carbocycles. The minimum absolute atomic E-state index is 0.234. The van der Waals surface area contributed by atoms with Crippen molar-refractivity contribution >= 4 is 27.8 Å². The monoisotopic (exact) mass is 401 g/mol. The highest BCUT2D eigenvalue weighted by molar-refractivity contribution is 9.10. The highest BCUT2D eigenvalue weighted by atomic mass is 79.9. The summed E-state index contributed by atoms with van der Waals surface area (Å²) in [6.45, 7) is 3.55. The summed E-state index contributed by atoms with van der Waals surface area (Å²) in [5.74, 6) is 0.0258. The van der Waals surface area contributed by atoms with Gasteiger partial charge in [-0.3, -0.25) is 4.79 Å². The van der Waals surface area contributed by atoms with Gasteiger partial charge in [-0.1, -0.05) is 0 Å². The molecule has 24 heavy (non-hydrogen) atoms. The largest absolute Gasteiger partial charge is 0.495 e. The van der Waals surface area contributed by atoms with Crippen molar-refractivity contribution in [2.75, 3.05) is 40.5 Å². The maximum Gasteiger partial charge on any atom is 0.339 e. The smallest absolute Gasteiger partial charge is 0.339 e. The number of ether oxygens (including phenoxy) is 4. The number of carbonyl (C=O) groups is 2. The maximum absolute atomic E-state index is 12.3. The van der Waals surface area contributed by atoms with E-state index in [1.165, 1.54) is 26.4 Å². The number of halogens is 1. The zero-order valence-corrected chi connectivity index (χ0v) is 15.4. The number of esters is 1. The highest BCUT2D eigenvalue weighted by Crippen LogP contribution is 2.35. The van der Waals surface area contributed by atoms with Crippen LogP contribution in [0.1, 0.15) is 17.3 Å². The summed E-state index contributed by atoms with van der Waals surface area (Å²) in [7, 11) is 2.97. The molecule has 1 amide bonds. The molecule has 1 aromatic carbocycles. The Balaban J connectivity index is 2.09. The van der Waals surface area contributed by atoms with Crippen molar-refractivity contribution in [3.63, 3.8) is 0 Å². The molecule has 1 aliphatic heterocycles. The maximum atomic E-state index is 12.3. The molecule has 0 spiro atoms. The second kappa shape index (κ2) is 8.34. The van der Waals surface area contributed by atoms with E-state index in [1.807, 2.05) is 0 Å². The van der Waals surface area contributed by atoms with Crippen molar-refractivity contribution < 1.29 is 28.5 Å². The summed E-state index contributed by atoms with van der Waals surface area (Å²) in [6, 6.07) is 3.06. The van der Waals surface area contributed by atoms with Gasteiger partial charge in [-0.2, -0.15) is 0 Å². The van der Waals surface area contributed by atoms with Crippen LogP contribution in [0.2, 0.25) is 0 Å². The van der Waals surface area contributed by atoms with E-state index in [1.54, 1.807) is 11.8 Å². The fourth-order valence-corrected chi connectivity index (χ4v) is 2.86. The van der Waals surface area contributed by atoms with Crippen LogP contribution in [0.15, 0.2) is 16.6 Å². The van der Waals surface area contributed by atoms with Crippen molar-refractivity contribution in [3.05, 3.63) is 22.2 Å². The predicted octanol–water partition coefficient (Wildman–Crippen LogP) is 1.87. The van der Waals surface area contributed by atoms with Gasteiger partial charge < -0.3 is 23.8 Å². The Kier molecular flexibility index (Phi) is 6.44. The Bertz CT molecular complexity index is 590. The molecular formula is C16H20BrNO6. The van der Waals surface area contributed by atoms with Crippen molar-refractivity contribution in [2.45, 2.75) is 13.0 Å². The third kappa shape index (κ3) is 4.18. The lowest BCUT2D eigenvalue weighted by molar-refractivity contribution is -0.143. The van der Waals surface area contributed by atoms with Crippen LogP contribution in [-0.2, 0) is 14.3 Å². The molecule has 1 aromatic rings. The van der Waals surface area contributed by atoms with E-state index in [9.17, 15) is 9.59 Å². The van der Waals surface area contributed by atoms with E-state index in [2.05, 4.69) is 15.9 Å². The number of hydrogen-bond donors (Lipinski definition) is 0. The Morgan fingerprint density at radius 1 is 1.17 bits per heavy atom. The van der Waals surface area contributed by atoms with Crippen molar-refractivity contribution in [1.82, 2.24) is 4.90 Å². The minimum Gasteiger partial charge on any atom is -0.495 e. The highest BCUT2D eigenvalue weighted by Gasteiger charge is 2.26. The third-order valence-electron chi connectivity index (χ3n) is 3.64. The minimum atomic E-state index is -0.878. The number of carbonyl (C=O) groups excluding carboxylic acids is 2. The standard InChI is InChI=1S/C16H20BrNO6/c1-10(15(19)18-4-6-23-7-5-18)24-16(20)11-8-12(21-2)14(17)13(9-11)22-3/h8-10H,4-7H2,1-3H3. The van der Waals surface area contributed by atoms with Crippen molar-refractivity contribution in [1.29, 1.82) is 0 Å². The van der Waals surface area contributed by atoms with Gasteiger partial charge in [0.1, 0.15) is 16.0 Å². The molecule has 132 valence electrons. The molecule has 1 unspecified atom stereocenters. The molecule has 0 aliphatic carbocycles. The molecule has 2 rings (SSSR count). The average molecular weight is 402 g/mol. The topological polar surface area (TPSA) is 74.3 Å². The molecule has 1 fully saturated rings. The Labute approximate surface area is 148 Å². The van der Waals surface area contributed by atoms with Crippen LogP contribution < -0.4 is 9.47 Å². The fourth-order valence-electron chi connectivity index (χ4n) is 2.31. The van der Waals surface area contributed by atoms with Gasteiger partial charge in [-0.15, -0.1) is 0 Å². The summed E-state index contributed by atoms with van der Waals surface area (Å²) >= 11 is 3.34. The lowest BCUT2D eigenvalue weighted by Gasteiger charge is -2.29. The number of nitrogens with zero attached hydrogens (tertiary/aromatic N) is 1. The lowest BCUT2D eigenvalue weighted by Crippen LogP contribution is -2.46. The lowest BCUT2D eigenvalue weighted by atomic mass is 10.2. The SMILES string of the molecule is COc1cc(C(=O)OC(C)C(=O)N2CCOCC2)cc(OC)c1Br. The number of methoxy groups -OCH3 is 2. The van der Waals surface area contributed by atoms with Gasteiger partial charge in [0.2, 0.25) is 0 Å². The van der Waals surface area contributed by atoms with Crippen molar-refractivity contribution in [3.8, 4) is 11.5 Å². The van der Waals surface area contributed by atoms with Gasteiger partial charge in [0.25, 0.3) is 5.91 Å². The van der Waals surface area contributed by atoms with Crippen LogP contribution in [0.25, 0.3) is 0 Å². The average Bonchev–Trinajstić information content (AvgIpc) is 2.61. The molecule has 0 radical (unpaired) electrons. The summed E-state index contributed by atoms with van der Waals surface area (Å²) in [6.07, 6.45) is -0.878. The number of morpholine rings is 1. The molecule has 0 aromatic heterocycles. The van der Waals surface area contributed by atoms with E-state index in [-0.39, 0.29) is 11.5 Å². The van der Waals surface area contributed by atoms with Crippen LogP contribution in [0.5, 0.6) is 11.5 Å². The van der Waals surface area contributed by atoms with Crippen LogP contribution >= 0.6 is 15.9 Å². The Morgan fingerprint density at radius 2 is 1.71 bits per heavy atom. The molecule has 1 atom stereocenters. The van der Waals surface area contributed by atoms with Gasteiger partial charge >= 0.3 is 5.97 Å². The van der Waals surface area contributed by atoms with Gasteiger partial charge in [0.05, 0.1) is 33.0 Å². The number of benzene rings is 1. The zero-order valence-electron chi connectivity index (χ0n) is 13.8. The first-order chi connectivity index (χ1) is 11.5. The first kappa shape index (κ1) is 18.5. The van der Waals surface area contributed by atoms with Gasteiger partial charge in [-0.05, 0) is 35.0 Å². The number of rotatable bonds is 5. The van der Waals surface area contributed by atoms with E-state index in [0.29, 0.717) is 42.3 Å². The summed E-state index contributed by atoms with van der Waals surface area (Å²) < 4.78 is 21.5. The normalized spacial score (nSPS) is 15.6. The first-order valence-electron chi connectivity index (χ1n) is 7.47. The van der Waals surface area contributed by atoms with Crippen LogP contribution in [-0.4, -0.2) is 63.4 Å². The molecule has 7 nitrogen and oxygen atoms in total. The molecule has 1 heterocycles. The third-order valence-corrected chi connectivity index (χ3v) is 4.42. The van der Waals surface area contributed by atoms with E-state index in [0.717, 1.165) is 0 Å².